The van der Waals surface area contributed by atoms with Gasteiger partial charge in [0.2, 0.25) is 0 Å². The predicted octanol–water partition coefficient (Wildman–Crippen LogP) is 4.06. The van der Waals surface area contributed by atoms with Crippen molar-refractivity contribution in [2.75, 3.05) is 19.0 Å². The van der Waals surface area contributed by atoms with Gasteiger partial charge >= 0.3 is 0 Å². The molecule has 0 amide bonds. The second-order valence-electron chi connectivity index (χ2n) is 6.23. The van der Waals surface area contributed by atoms with Crippen LogP contribution in [0.15, 0.2) is 0 Å². The lowest BCUT2D eigenvalue weighted by molar-refractivity contribution is 0.307. The molecule has 0 aromatic carbocycles. The molecule has 2 rings (SSSR count). The number of halogens is 1. The zero-order valence-corrected chi connectivity index (χ0v) is 12.0. The maximum atomic E-state index is 5.86. The Labute approximate surface area is 112 Å². The fraction of sp³-hybridized carbons (Fsp3) is 1.00. The largest absolute Gasteiger partial charge is 0.316 e. The van der Waals surface area contributed by atoms with Gasteiger partial charge in [-0.15, -0.1) is 11.6 Å². The van der Waals surface area contributed by atoms with Gasteiger partial charge in [0.25, 0.3) is 0 Å². The highest BCUT2D eigenvalue weighted by Crippen LogP contribution is 2.47. The molecule has 0 heterocycles. The highest BCUT2D eigenvalue weighted by molar-refractivity contribution is 6.17. The van der Waals surface area contributed by atoms with E-state index in [1.165, 1.54) is 58.0 Å². The lowest BCUT2D eigenvalue weighted by atomic mass is 9.88. The van der Waals surface area contributed by atoms with Crippen LogP contribution in [0.1, 0.15) is 51.9 Å². The zero-order chi connectivity index (χ0) is 12.1. The monoisotopic (exact) mass is 257 g/mol. The molecule has 100 valence electrons. The minimum atomic E-state index is 0.802. The average Bonchev–Trinajstić information content (AvgIpc) is 2.91. The average molecular weight is 258 g/mol. The third kappa shape index (κ3) is 3.86. The van der Waals surface area contributed by atoms with E-state index in [0.29, 0.717) is 0 Å². The number of hydrogen-bond donors (Lipinski definition) is 1. The van der Waals surface area contributed by atoms with Crippen LogP contribution in [0.2, 0.25) is 0 Å². The molecule has 2 heteroatoms. The van der Waals surface area contributed by atoms with Crippen LogP contribution in [-0.4, -0.2) is 19.0 Å². The smallest absolute Gasteiger partial charge is 0.0226 e. The third-order valence-electron chi connectivity index (χ3n) is 4.94. The molecule has 4 atom stereocenters. The van der Waals surface area contributed by atoms with Crippen molar-refractivity contribution in [1.29, 1.82) is 0 Å². The normalized spacial score (nSPS) is 33.2. The molecule has 4 unspecified atom stereocenters. The molecule has 2 aliphatic rings. The molecule has 2 aliphatic carbocycles. The van der Waals surface area contributed by atoms with Crippen molar-refractivity contribution in [3.63, 3.8) is 0 Å². The summed E-state index contributed by atoms with van der Waals surface area (Å²) >= 11 is 5.86. The Hall–Kier alpha value is 0.250. The lowest BCUT2D eigenvalue weighted by Gasteiger charge is -2.23. The van der Waals surface area contributed by atoms with Gasteiger partial charge in [-0.3, -0.25) is 0 Å². The number of fused-ring (bicyclic) bond motifs is 2. The topological polar surface area (TPSA) is 12.0 Å². The molecule has 2 saturated carbocycles. The molecule has 1 N–H and O–H groups in total. The summed E-state index contributed by atoms with van der Waals surface area (Å²) in [4.78, 5) is 0. The summed E-state index contributed by atoms with van der Waals surface area (Å²) in [7, 11) is 0. The van der Waals surface area contributed by atoms with E-state index < -0.39 is 0 Å². The molecule has 0 aliphatic heterocycles. The summed E-state index contributed by atoms with van der Waals surface area (Å²) in [6.07, 6.45) is 9.87. The quantitative estimate of drug-likeness (QED) is 0.647. The van der Waals surface area contributed by atoms with Crippen LogP contribution in [0, 0.1) is 23.7 Å². The van der Waals surface area contributed by atoms with Crippen LogP contribution in [-0.2, 0) is 0 Å². The molecular formula is C15H28ClN. The van der Waals surface area contributed by atoms with Crippen LogP contribution in [0.4, 0.5) is 0 Å². The number of rotatable bonds is 8. The first-order valence-corrected chi connectivity index (χ1v) is 8.13. The van der Waals surface area contributed by atoms with Gasteiger partial charge in [-0.1, -0.05) is 19.8 Å². The van der Waals surface area contributed by atoms with Crippen LogP contribution >= 0.6 is 11.6 Å². The first-order valence-electron chi connectivity index (χ1n) is 7.60. The summed E-state index contributed by atoms with van der Waals surface area (Å²) in [6, 6.07) is 0. The molecule has 2 fully saturated rings. The molecule has 0 radical (unpaired) electrons. The van der Waals surface area contributed by atoms with Crippen molar-refractivity contribution in [2.24, 2.45) is 23.7 Å². The fourth-order valence-electron chi connectivity index (χ4n) is 4.01. The van der Waals surface area contributed by atoms with Crippen LogP contribution in [0.25, 0.3) is 0 Å². The van der Waals surface area contributed by atoms with Gasteiger partial charge in [0.05, 0.1) is 0 Å². The minimum absolute atomic E-state index is 0.802. The molecule has 0 aromatic rings. The third-order valence-corrected chi connectivity index (χ3v) is 5.16. The summed E-state index contributed by atoms with van der Waals surface area (Å²) in [5.74, 6) is 4.76. The van der Waals surface area contributed by atoms with Crippen molar-refractivity contribution in [3.8, 4) is 0 Å². The molecule has 0 saturated heterocycles. The molecule has 1 nitrogen and oxygen atoms in total. The summed E-state index contributed by atoms with van der Waals surface area (Å²) in [5.41, 5.74) is 0. The summed E-state index contributed by atoms with van der Waals surface area (Å²) in [5, 5.41) is 3.72. The van der Waals surface area contributed by atoms with Gasteiger partial charge in [0.1, 0.15) is 0 Å². The van der Waals surface area contributed by atoms with Gasteiger partial charge in [-0.05, 0) is 68.9 Å². The first kappa shape index (κ1) is 13.7. The Kier molecular flexibility index (Phi) is 5.62. The van der Waals surface area contributed by atoms with E-state index in [1.807, 2.05) is 0 Å². The summed E-state index contributed by atoms with van der Waals surface area (Å²) in [6.45, 7) is 4.73. The van der Waals surface area contributed by atoms with Crippen molar-refractivity contribution < 1.29 is 0 Å². The van der Waals surface area contributed by atoms with Crippen molar-refractivity contribution in [2.45, 2.75) is 51.9 Å². The highest BCUT2D eigenvalue weighted by Gasteiger charge is 2.38. The van der Waals surface area contributed by atoms with E-state index in [-0.39, 0.29) is 0 Å². The Bertz CT molecular complexity index is 213. The molecule has 0 aromatic heterocycles. The van der Waals surface area contributed by atoms with E-state index in [0.717, 1.165) is 29.6 Å². The van der Waals surface area contributed by atoms with E-state index in [1.54, 1.807) is 0 Å². The molecule has 0 spiro atoms. The van der Waals surface area contributed by atoms with Gasteiger partial charge < -0.3 is 5.32 Å². The Balaban J connectivity index is 1.61. The van der Waals surface area contributed by atoms with Gasteiger partial charge in [-0.2, -0.15) is 0 Å². The number of alkyl halides is 1. The SMILES string of the molecule is CCCC(CCCl)CNCC1CC2CCC1C2. The lowest BCUT2D eigenvalue weighted by Crippen LogP contribution is -2.30. The highest BCUT2D eigenvalue weighted by atomic mass is 35.5. The van der Waals surface area contributed by atoms with Crippen molar-refractivity contribution >= 4 is 11.6 Å². The minimum Gasteiger partial charge on any atom is -0.316 e. The van der Waals surface area contributed by atoms with E-state index in [9.17, 15) is 0 Å². The van der Waals surface area contributed by atoms with Crippen LogP contribution in [0.3, 0.4) is 0 Å². The fourth-order valence-corrected chi connectivity index (χ4v) is 4.32. The second kappa shape index (κ2) is 6.99. The molecule has 17 heavy (non-hydrogen) atoms. The molecular weight excluding hydrogens is 230 g/mol. The predicted molar refractivity (Wildman–Crippen MR) is 75.5 cm³/mol. The Morgan fingerprint density at radius 1 is 1.24 bits per heavy atom. The Morgan fingerprint density at radius 2 is 2.12 bits per heavy atom. The number of hydrogen-bond acceptors (Lipinski definition) is 1. The summed E-state index contributed by atoms with van der Waals surface area (Å²) < 4.78 is 0. The second-order valence-corrected chi connectivity index (χ2v) is 6.60. The van der Waals surface area contributed by atoms with Gasteiger partial charge in [0, 0.05) is 5.88 Å². The zero-order valence-electron chi connectivity index (χ0n) is 11.3. The first-order chi connectivity index (χ1) is 8.33. The van der Waals surface area contributed by atoms with Crippen LogP contribution in [0.5, 0.6) is 0 Å². The number of nitrogens with one attached hydrogen (secondary N) is 1. The molecule has 2 bridgehead atoms. The van der Waals surface area contributed by atoms with E-state index in [2.05, 4.69) is 12.2 Å². The van der Waals surface area contributed by atoms with Crippen molar-refractivity contribution in [3.05, 3.63) is 0 Å². The van der Waals surface area contributed by atoms with Gasteiger partial charge in [0.15, 0.2) is 0 Å². The maximum Gasteiger partial charge on any atom is 0.0226 e. The van der Waals surface area contributed by atoms with E-state index >= 15 is 0 Å². The van der Waals surface area contributed by atoms with Gasteiger partial charge in [-0.25, -0.2) is 0 Å². The maximum absolute atomic E-state index is 5.86. The Morgan fingerprint density at radius 3 is 2.71 bits per heavy atom. The standard InChI is InChI=1S/C15H28ClN/c1-2-3-12(6-7-16)10-17-11-15-9-13-4-5-14(15)8-13/h12-15,17H,2-11H2,1H3. The van der Waals surface area contributed by atoms with E-state index in [4.69, 9.17) is 11.6 Å². The van der Waals surface area contributed by atoms with Crippen LogP contribution < -0.4 is 5.32 Å². The van der Waals surface area contributed by atoms with Crippen molar-refractivity contribution in [1.82, 2.24) is 5.32 Å².